The van der Waals surface area contributed by atoms with E-state index in [1.54, 1.807) is 38.6 Å². The van der Waals surface area contributed by atoms with Crippen LogP contribution in [0.15, 0.2) is 25.3 Å². The molecule has 0 aromatic carbocycles. The molecule has 0 aromatic heterocycles. The van der Waals surface area contributed by atoms with Crippen molar-refractivity contribution in [1.82, 2.24) is 14.7 Å². The minimum Gasteiger partial charge on any atom is -0.394 e. The number of likely N-dealkylation sites (tertiary alicyclic amines) is 1. The lowest BCUT2D eigenvalue weighted by atomic mass is 9.70. The summed E-state index contributed by atoms with van der Waals surface area (Å²) >= 11 is 5.50. The lowest BCUT2D eigenvalue weighted by Gasteiger charge is -2.44. The van der Waals surface area contributed by atoms with Crippen molar-refractivity contribution in [2.75, 3.05) is 26.2 Å². The SMILES string of the molecule is C=CCN(CCC)C(=O)[C@H]1[C@H]2C(=O)N([C@@H](CO)[C@@H](C)CC)C(C(=O)N(CC=C)C(C)(C)C)C23CC(Br)[C@@H]1S3. The van der Waals surface area contributed by atoms with E-state index in [9.17, 15) is 19.5 Å². The maximum absolute atomic E-state index is 14.6. The lowest BCUT2D eigenvalue weighted by molar-refractivity contribution is -0.149. The summed E-state index contributed by atoms with van der Waals surface area (Å²) in [5, 5.41) is 10.5. The van der Waals surface area contributed by atoms with E-state index in [2.05, 4.69) is 29.1 Å². The third-order valence-electron chi connectivity index (χ3n) is 8.63. The molecule has 3 amide bonds. The molecular weight excluding hydrogens is 566 g/mol. The molecule has 9 heteroatoms. The monoisotopic (exact) mass is 611 g/mol. The first-order valence-corrected chi connectivity index (χ1v) is 15.7. The second-order valence-corrected chi connectivity index (χ2v) is 14.7. The van der Waals surface area contributed by atoms with E-state index in [-0.39, 0.29) is 40.3 Å². The Balaban J connectivity index is 2.19. The molecule has 0 radical (unpaired) electrons. The number of amides is 3. The van der Waals surface area contributed by atoms with Crippen molar-refractivity contribution < 1.29 is 19.5 Å². The molecule has 2 bridgehead atoms. The van der Waals surface area contributed by atoms with Crippen molar-refractivity contribution in [3.63, 3.8) is 0 Å². The first-order valence-electron chi connectivity index (χ1n) is 13.9. The summed E-state index contributed by atoms with van der Waals surface area (Å²) in [6.45, 7) is 20.9. The van der Waals surface area contributed by atoms with Crippen molar-refractivity contribution in [2.24, 2.45) is 17.8 Å². The van der Waals surface area contributed by atoms with Gasteiger partial charge < -0.3 is 19.8 Å². The van der Waals surface area contributed by atoms with Crippen LogP contribution in [0.4, 0.5) is 0 Å². The first kappa shape index (κ1) is 31.2. The summed E-state index contributed by atoms with van der Waals surface area (Å²) in [5.74, 6) is -1.49. The van der Waals surface area contributed by atoms with E-state index >= 15 is 0 Å². The maximum Gasteiger partial charge on any atom is 0.247 e. The van der Waals surface area contributed by atoms with Crippen molar-refractivity contribution >= 4 is 45.4 Å². The van der Waals surface area contributed by atoms with Crippen molar-refractivity contribution in [3.05, 3.63) is 25.3 Å². The fourth-order valence-corrected chi connectivity index (χ4v) is 10.3. The third-order valence-corrected chi connectivity index (χ3v) is 11.9. The van der Waals surface area contributed by atoms with Crippen molar-refractivity contribution in [1.29, 1.82) is 0 Å². The average molecular weight is 613 g/mol. The van der Waals surface area contributed by atoms with Crippen LogP contribution in [0.2, 0.25) is 0 Å². The molecular formula is C29H46BrN3O4S. The van der Waals surface area contributed by atoms with Crippen LogP contribution in [0, 0.1) is 17.8 Å². The second-order valence-electron chi connectivity index (χ2n) is 12.0. The minimum absolute atomic E-state index is 0.00613. The van der Waals surface area contributed by atoms with Crippen LogP contribution >= 0.6 is 27.7 Å². The largest absolute Gasteiger partial charge is 0.394 e. The standard InChI is InChI=1S/C29H46BrN3O4S/c1-9-13-31(14-10-2)25(35)21-22-26(36)33(20(17-34)18(5)12-4)24(29(22)16-19(30)23(21)38-29)27(37)32(15-11-3)28(6,7)8/h9,11,18-24,34H,1,3,10,12-17H2,2,4-8H3/t18-,19?,20-,21-,22-,23-,24?,29?/m0/s1. The van der Waals surface area contributed by atoms with Gasteiger partial charge in [-0.2, -0.15) is 0 Å². The van der Waals surface area contributed by atoms with Gasteiger partial charge in [0.2, 0.25) is 17.7 Å². The fraction of sp³-hybridized carbons (Fsp3) is 0.759. The molecule has 3 unspecified atom stereocenters. The van der Waals surface area contributed by atoms with Gasteiger partial charge in [0.1, 0.15) is 6.04 Å². The van der Waals surface area contributed by atoms with E-state index in [1.807, 2.05) is 41.5 Å². The van der Waals surface area contributed by atoms with Gasteiger partial charge in [-0.1, -0.05) is 55.3 Å². The Bertz CT molecular complexity index is 939. The number of alkyl halides is 1. The first-order chi connectivity index (χ1) is 17.9. The van der Waals surface area contributed by atoms with Crippen LogP contribution in [-0.2, 0) is 14.4 Å². The highest BCUT2D eigenvalue weighted by Gasteiger charge is 2.76. The molecule has 3 rings (SSSR count). The summed E-state index contributed by atoms with van der Waals surface area (Å²) in [7, 11) is 0. The molecule has 3 aliphatic rings. The molecule has 8 atom stereocenters. The number of carbonyl (C=O) groups is 3. The summed E-state index contributed by atoms with van der Waals surface area (Å²) < 4.78 is -0.745. The van der Waals surface area contributed by atoms with Crippen molar-refractivity contribution in [3.8, 4) is 0 Å². The van der Waals surface area contributed by atoms with Gasteiger partial charge in [-0.15, -0.1) is 24.9 Å². The zero-order valence-corrected chi connectivity index (χ0v) is 26.3. The number of hydrogen-bond acceptors (Lipinski definition) is 5. The van der Waals surface area contributed by atoms with E-state index in [4.69, 9.17) is 0 Å². The number of aliphatic hydroxyl groups excluding tert-OH is 1. The van der Waals surface area contributed by atoms with Gasteiger partial charge in [0, 0.05) is 35.3 Å². The highest BCUT2D eigenvalue weighted by molar-refractivity contribution is 9.09. The Labute approximate surface area is 241 Å². The molecule has 3 heterocycles. The smallest absolute Gasteiger partial charge is 0.247 e. The van der Waals surface area contributed by atoms with Gasteiger partial charge in [0.05, 0.1) is 29.2 Å². The molecule has 214 valence electrons. The quantitative estimate of drug-likeness (QED) is 0.265. The molecule has 3 saturated heterocycles. The van der Waals surface area contributed by atoms with E-state index in [1.165, 1.54) is 0 Å². The number of aliphatic hydroxyl groups is 1. The number of thioether (sulfide) groups is 1. The zero-order chi connectivity index (χ0) is 28.6. The van der Waals surface area contributed by atoms with Crippen LogP contribution in [0.5, 0.6) is 0 Å². The van der Waals surface area contributed by atoms with Crippen LogP contribution in [0.1, 0.15) is 60.8 Å². The number of hydrogen-bond donors (Lipinski definition) is 1. The number of nitrogens with zero attached hydrogens (tertiary/aromatic N) is 3. The van der Waals surface area contributed by atoms with Gasteiger partial charge in [0.25, 0.3) is 0 Å². The average Bonchev–Trinajstić information content (AvgIpc) is 3.45. The number of fused-ring (bicyclic) bond motifs is 1. The molecule has 1 N–H and O–H groups in total. The van der Waals surface area contributed by atoms with Crippen molar-refractivity contribution in [2.45, 2.75) is 93.3 Å². The fourth-order valence-electron chi connectivity index (χ4n) is 6.70. The topological polar surface area (TPSA) is 81.2 Å². The third kappa shape index (κ3) is 5.12. The Morgan fingerprint density at radius 3 is 2.37 bits per heavy atom. The van der Waals surface area contributed by atoms with Crippen LogP contribution in [-0.4, -0.2) is 96.2 Å². The van der Waals surface area contributed by atoms with E-state index < -0.39 is 34.2 Å². The Kier molecular flexibility index (Phi) is 9.90. The highest BCUT2D eigenvalue weighted by atomic mass is 79.9. The molecule has 3 fully saturated rings. The van der Waals surface area contributed by atoms with E-state index in [0.29, 0.717) is 26.1 Å². The predicted molar refractivity (Wildman–Crippen MR) is 158 cm³/mol. The number of rotatable bonds is 12. The normalized spacial score (nSPS) is 31.6. The van der Waals surface area contributed by atoms with E-state index in [0.717, 1.165) is 12.8 Å². The Morgan fingerprint density at radius 1 is 1.24 bits per heavy atom. The summed E-state index contributed by atoms with van der Waals surface area (Å²) in [6, 6.07) is -1.27. The van der Waals surface area contributed by atoms with Gasteiger partial charge in [-0.05, 0) is 39.5 Å². The summed E-state index contributed by atoms with van der Waals surface area (Å²) in [6.07, 6.45) is 5.63. The predicted octanol–water partition coefficient (Wildman–Crippen LogP) is 4.10. The molecule has 0 aliphatic carbocycles. The number of halogens is 1. The second kappa shape index (κ2) is 12.0. The Morgan fingerprint density at radius 2 is 1.87 bits per heavy atom. The lowest BCUT2D eigenvalue weighted by Crippen LogP contribution is -2.61. The van der Waals surface area contributed by atoms with Crippen LogP contribution in [0.25, 0.3) is 0 Å². The Hall–Kier alpha value is -1.32. The molecule has 3 aliphatic heterocycles. The zero-order valence-electron chi connectivity index (χ0n) is 23.9. The number of carbonyl (C=O) groups excluding carboxylic acids is 3. The van der Waals surface area contributed by atoms with Gasteiger partial charge in [0.15, 0.2) is 0 Å². The van der Waals surface area contributed by atoms with Crippen LogP contribution in [0.3, 0.4) is 0 Å². The van der Waals surface area contributed by atoms with Gasteiger partial charge in [-0.25, -0.2) is 0 Å². The molecule has 0 aromatic rings. The molecule has 7 nitrogen and oxygen atoms in total. The highest BCUT2D eigenvalue weighted by Crippen LogP contribution is 2.68. The minimum atomic E-state index is -0.766. The summed E-state index contributed by atoms with van der Waals surface area (Å²) in [5.41, 5.74) is -0.494. The summed E-state index contributed by atoms with van der Waals surface area (Å²) in [4.78, 5) is 48.4. The van der Waals surface area contributed by atoms with Gasteiger partial charge >= 0.3 is 0 Å². The molecule has 0 saturated carbocycles. The van der Waals surface area contributed by atoms with Crippen LogP contribution < -0.4 is 0 Å². The van der Waals surface area contributed by atoms with Gasteiger partial charge in [-0.3, -0.25) is 14.4 Å². The maximum atomic E-state index is 14.6. The molecule has 1 spiro atoms. The molecule has 38 heavy (non-hydrogen) atoms.